The van der Waals surface area contributed by atoms with Gasteiger partial charge in [-0.2, -0.15) is 0 Å². The second-order valence-corrected chi connectivity index (χ2v) is 12.3. The van der Waals surface area contributed by atoms with Crippen LogP contribution in [0.25, 0.3) is 0 Å². The first kappa shape index (κ1) is 32.9. The molecule has 0 aromatic rings. The molecule has 0 spiro atoms. The Balaban J connectivity index is 1.82. The van der Waals surface area contributed by atoms with Gasteiger partial charge in [-0.1, -0.05) is 0 Å². The Morgan fingerprint density at radius 2 is 0.541 bits per heavy atom. The molecule has 0 N–H and O–H groups in total. The highest BCUT2D eigenvalue weighted by molar-refractivity contribution is 4.70. The van der Waals surface area contributed by atoms with E-state index in [1.165, 1.54) is 150 Å². The topological polar surface area (TPSA) is 25.9 Å². The Morgan fingerprint density at radius 1 is 0.297 bits per heavy atom. The highest BCUT2D eigenvalue weighted by Gasteiger charge is 2.13. The molecule has 2 fully saturated rings. The predicted octanol–water partition coefficient (Wildman–Crippen LogP) is 1.16. The normalized spacial score (nSPS) is 26.1. The van der Waals surface area contributed by atoms with E-state index in [2.05, 4.69) is 81.5 Å². The Bertz CT molecular complexity index is 504. The van der Waals surface area contributed by atoms with Gasteiger partial charge in [-0.15, -0.1) is 0 Å². The van der Waals surface area contributed by atoms with Crippen LogP contribution in [0.4, 0.5) is 0 Å². The maximum absolute atomic E-state index is 2.75. The first-order valence-corrected chi connectivity index (χ1v) is 15.4. The number of likely N-dealkylation sites (N-methyl/N-ethyl adjacent to an activating group) is 6. The van der Waals surface area contributed by atoms with Gasteiger partial charge in [0.2, 0.25) is 0 Å². The molecular formula is C29H64N8. The van der Waals surface area contributed by atoms with E-state index >= 15 is 0 Å². The molecule has 0 bridgehead atoms. The minimum absolute atomic E-state index is 1.18. The van der Waals surface area contributed by atoms with Crippen molar-refractivity contribution in [3.05, 3.63) is 0 Å². The molecule has 220 valence electrons. The van der Waals surface area contributed by atoms with E-state index < -0.39 is 0 Å². The van der Waals surface area contributed by atoms with Crippen molar-refractivity contribution in [1.29, 1.82) is 0 Å². The van der Waals surface area contributed by atoms with Crippen LogP contribution < -0.4 is 0 Å². The second-order valence-electron chi connectivity index (χ2n) is 12.3. The van der Waals surface area contributed by atoms with Gasteiger partial charge in [-0.05, 0) is 140 Å². The summed E-state index contributed by atoms with van der Waals surface area (Å²) in [6, 6.07) is 0. The smallest absolute Gasteiger partial charge is 0.0109 e. The summed E-state index contributed by atoms with van der Waals surface area (Å²) in [5.74, 6) is 0. The van der Waals surface area contributed by atoms with Gasteiger partial charge in [-0.3, -0.25) is 0 Å². The second kappa shape index (κ2) is 19.7. The summed E-state index contributed by atoms with van der Waals surface area (Å²) in [6.45, 7) is 21.7. The lowest BCUT2D eigenvalue weighted by molar-refractivity contribution is 0.169. The maximum Gasteiger partial charge on any atom is 0.0109 e. The third-order valence-electron chi connectivity index (χ3n) is 8.46. The van der Waals surface area contributed by atoms with Gasteiger partial charge < -0.3 is 39.2 Å². The van der Waals surface area contributed by atoms with Gasteiger partial charge in [0, 0.05) is 52.4 Å². The van der Waals surface area contributed by atoms with Gasteiger partial charge in [0.05, 0.1) is 0 Å². The predicted molar refractivity (Wildman–Crippen MR) is 161 cm³/mol. The van der Waals surface area contributed by atoms with E-state index in [-0.39, 0.29) is 0 Å². The molecular weight excluding hydrogens is 460 g/mol. The minimum Gasteiger partial charge on any atom is -0.305 e. The van der Waals surface area contributed by atoms with E-state index in [4.69, 9.17) is 0 Å². The van der Waals surface area contributed by atoms with Crippen LogP contribution >= 0.6 is 0 Å². The zero-order valence-electron chi connectivity index (χ0n) is 25.8. The zero-order valence-corrected chi connectivity index (χ0v) is 25.8. The summed E-state index contributed by atoms with van der Waals surface area (Å²) in [5, 5.41) is 0. The Morgan fingerprint density at radius 3 is 0.838 bits per heavy atom. The van der Waals surface area contributed by atoms with Gasteiger partial charge in [-0.25, -0.2) is 0 Å². The van der Waals surface area contributed by atoms with E-state index in [1.54, 1.807) is 0 Å². The monoisotopic (exact) mass is 525 g/mol. The quantitative estimate of drug-likeness (QED) is 0.541. The van der Waals surface area contributed by atoms with Gasteiger partial charge in [0.1, 0.15) is 0 Å². The van der Waals surface area contributed by atoms with Crippen LogP contribution in [0.5, 0.6) is 0 Å². The maximum atomic E-state index is 2.75. The lowest BCUT2D eigenvalue weighted by Gasteiger charge is -2.30. The molecule has 0 aromatic carbocycles. The molecule has 2 heterocycles. The molecule has 8 heteroatoms. The molecule has 2 rings (SSSR count). The van der Waals surface area contributed by atoms with Crippen molar-refractivity contribution in [1.82, 2.24) is 39.2 Å². The Kier molecular flexibility index (Phi) is 17.5. The molecule has 0 aromatic heterocycles. The fourth-order valence-corrected chi connectivity index (χ4v) is 5.52. The third kappa shape index (κ3) is 16.4. The molecule has 37 heavy (non-hydrogen) atoms. The van der Waals surface area contributed by atoms with Crippen molar-refractivity contribution in [3.63, 3.8) is 0 Å². The molecule has 8 nitrogen and oxygen atoms in total. The molecule has 0 atom stereocenters. The zero-order chi connectivity index (χ0) is 26.9. The molecule has 2 aliphatic heterocycles. The average molecular weight is 525 g/mol. The van der Waals surface area contributed by atoms with Crippen molar-refractivity contribution in [2.45, 2.75) is 32.1 Å². The molecule has 2 aliphatic rings. The van der Waals surface area contributed by atoms with Crippen LogP contribution in [0.15, 0.2) is 0 Å². The van der Waals surface area contributed by atoms with E-state index in [9.17, 15) is 0 Å². The van der Waals surface area contributed by atoms with E-state index in [1.807, 2.05) is 0 Å². The summed E-state index contributed by atoms with van der Waals surface area (Å²) in [5.41, 5.74) is 0. The molecule has 0 amide bonds. The number of nitrogens with zero attached hydrogens (tertiary/aromatic N) is 8. The van der Waals surface area contributed by atoms with Crippen LogP contribution in [0.2, 0.25) is 0 Å². The fraction of sp³-hybridized carbons (Fsp3) is 1.00. The standard InChI is InChI=1S/C29H64N8/c1-30-12-7-14-34(5)26-28-36(18-9-16-32(3)24-22-30)20-11-21-37-19-10-17-33(4)25-23-31(2)13-8-15-35(6)27-29-37/h7-29H2,1-6H3. The third-order valence-corrected chi connectivity index (χ3v) is 8.46. The first-order valence-electron chi connectivity index (χ1n) is 15.4. The molecule has 0 radical (unpaired) electrons. The van der Waals surface area contributed by atoms with Crippen molar-refractivity contribution in [2.24, 2.45) is 0 Å². The van der Waals surface area contributed by atoms with Crippen LogP contribution in [0.3, 0.4) is 0 Å². The fourth-order valence-electron chi connectivity index (χ4n) is 5.52. The number of hydrogen-bond acceptors (Lipinski definition) is 8. The van der Waals surface area contributed by atoms with E-state index in [0.29, 0.717) is 0 Å². The van der Waals surface area contributed by atoms with E-state index in [0.717, 1.165) is 0 Å². The van der Waals surface area contributed by atoms with Crippen LogP contribution in [0.1, 0.15) is 32.1 Å². The lowest BCUT2D eigenvalue weighted by Crippen LogP contribution is -2.41. The lowest BCUT2D eigenvalue weighted by atomic mass is 10.2. The molecule has 0 saturated carbocycles. The first-order chi connectivity index (χ1) is 17.8. The van der Waals surface area contributed by atoms with Crippen LogP contribution in [-0.2, 0) is 0 Å². The Labute approximate surface area is 231 Å². The summed E-state index contributed by atoms with van der Waals surface area (Å²) >= 11 is 0. The Hall–Kier alpha value is -0.320. The molecule has 0 unspecified atom stereocenters. The minimum atomic E-state index is 1.18. The summed E-state index contributed by atoms with van der Waals surface area (Å²) in [7, 11) is 13.8. The van der Waals surface area contributed by atoms with Crippen molar-refractivity contribution < 1.29 is 0 Å². The van der Waals surface area contributed by atoms with Crippen molar-refractivity contribution >= 4 is 0 Å². The van der Waals surface area contributed by atoms with Crippen LogP contribution in [0, 0.1) is 0 Å². The summed E-state index contributed by atoms with van der Waals surface area (Å²) in [4.78, 5) is 20.6. The SMILES string of the molecule is CN1CCCN(C)CCN(CCCN2CCCN(C)CCN(C)CCCN(C)CC2)CCCN(C)CC1. The van der Waals surface area contributed by atoms with Crippen molar-refractivity contribution in [3.8, 4) is 0 Å². The highest BCUT2D eigenvalue weighted by atomic mass is 15.2. The average Bonchev–Trinajstić information content (AvgIpc) is 2.86. The van der Waals surface area contributed by atoms with Gasteiger partial charge in [0.25, 0.3) is 0 Å². The highest BCUT2D eigenvalue weighted by Crippen LogP contribution is 2.04. The van der Waals surface area contributed by atoms with Crippen LogP contribution in [-0.4, -0.2) is 199 Å². The van der Waals surface area contributed by atoms with Gasteiger partial charge >= 0.3 is 0 Å². The number of rotatable bonds is 4. The summed E-state index contributed by atoms with van der Waals surface area (Å²) < 4.78 is 0. The molecule has 0 aliphatic carbocycles. The summed E-state index contributed by atoms with van der Waals surface area (Å²) in [6.07, 6.45) is 6.38. The van der Waals surface area contributed by atoms with Crippen molar-refractivity contribution in [2.75, 3.05) is 160 Å². The van der Waals surface area contributed by atoms with Gasteiger partial charge in [0.15, 0.2) is 0 Å². The molecule has 2 saturated heterocycles. The number of hydrogen-bond donors (Lipinski definition) is 0. The largest absolute Gasteiger partial charge is 0.305 e.